The second kappa shape index (κ2) is 7.15. The number of amides is 1. The van der Waals surface area contributed by atoms with Crippen LogP contribution in [0.15, 0.2) is 28.2 Å². The number of furan rings is 1. The maximum Gasteiger partial charge on any atom is 0.227 e. The maximum atomic E-state index is 11.5. The van der Waals surface area contributed by atoms with E-state index in [1.165, 1.54) is 11.3 Å². The van der Waals surface area contributed by atoms with Crippen molar-refractivity contribution in [3.8, 4) is 11.5 Å². The number of thiazole rings is 1. The van der Waals surface area contributed by atoms with Crippen LogP contribution >= 0.6 is 23.7 Å². The fourth-order valence-corrected chi connectivity index (χ4v) is 2.00. The van der Waals surface area contributed by atoms with E-state index in [1.807, 2.05) is 18.5 Å². The third-order valence-corrected chi connectivity index (χ3v) is 2.88. The van der Waals surface area contributed by atoms with Crippen LogP contribution in [-0.2, 0) is 4.79 Å². The van der Waals surface area contributed by atoms with Gasteiger partial charge in [0.2, 0.25) is 5.91 Å². The van der Waals surface area contributed by atoms with Gasteiger partial charge in [0, 0.05) is 18.3 Å². The summed E-state index contributed by atoms with van der Waals surface area (Å²) in [5.74, 6) is 0.664. The highest BCUT2D eigenvalue weighted by Crippen LogP contribution is 2.24. The number of hydrogen-bond donors (Lipinski definition) is 2. The van der Waals surface area contributed by atoms with Gasteiger partial charge in [0.15, 0.2) is 10.9 Å². The molecule has 5 nitrogen and oxygen atoms in total. The van der Waals surface area contributed by atoms with Crippen molar-refractivity contribution in [2.75, 3.05) is 18.9 Å². The lowest BCUT2D eigenvalue weighted by Crippen LogP contribution is -2.18. The molecule has 0 atom stereocenters. The fourth-order valence-electron chi connectivity index (χ4n) is 1.29. The normalized spacial score (nSPS) is 9.83. The molecule has 0 aromatic carbocycles. The minimum atomic E-state index is -0.0419. The third kappa shape index (κ3) is 3.83. The van der Waals surface area contributed by atoms with E-state index >= 15 is 0 Å². The number of rotatable bonds is 5. The first kappa shape index (κ1) is 14.7. The number of nitrogens with one attached hydrogen (secondary N) is 2. The van der Waals surface area contributed by atoms with Crippen LogP contribution in [0.2, 0.25) is 0 Å². The van der Waals surface area contributed by atoms with Crippen LogP contribution in [-0.4, -0.2) is 24.5 Å². The Morgan fingerprint density at radius 2 is 2.39 bits per heavy atom. The maximum absolute atomic E-state index is 11.5. The number of carbonyl (C=O) groups excluding carboxylic acids is 1. The summed E-state index contributed by atoms with van der Waals surface area (Å²) in [5, 5.41) is 8.11. The van der Waals surface area contributed by atoms with E-state index in [4.69, 9.17) is 4.42 Å². The van der Waals surface area contributed by atoms with Gasteiger partial charge in [-0.05, 0) is 19.2 Å². The Bertz CT molecular complexity index is 484. The van der Waals surface area contributed by atoms with E-state index in [1.54, 1.807) is 12.3 Å². The minimum Gasteiger partial charge on any atom is -0.463 e. The van der Waals surface area contributed by atoms with Crippen LogP contribution in [0.5, 0.6) is 0 Å². The molecule has 1 amide bonds. The summed E-state index contributed by atoms with van der Waals surface area (Å²) in [6, 6.07) is 3.64. The molecule has 0 aliphatic carbocycles. The van der Waals surface area contributed by atoms with Crippen molar-refractivity contribution in [1.29, 1.82) is 0 Å². The van der Waals surface area contributed by atoms with E-state index in [0.29, 0.717) is 23.9 Å². The molecule has 7 heteroatoms. The standard InChI is InChI=1S/C11H13N3O2S.ClH/c1-12-5-4-10(15)14-11-13-8(7-17-11)9-3-2-6-16-9;/h2-3,6-7,12H,4-5H2,1H3,(H,13,14,15);1H. The molecule has 18 heavy (non-hydrogen) atoms. The van der Waals surface area contributed by atoms with Crippen molar-refractivity contribution in [2.45, 2.75) is 6.42 Å². The molecule has 2 heterocycles. The predicted octanol–water partition coefficient (Wildman–Crippen LogP) is 2.37. The molecular weight excluding hydrogens is 274 g/mol. The van der Waals surface area contributed by atoms with E-state index in [2.05, 4.69) is 15.6 Å². The molecule has 0 saturated carbocycles. The van der Waals surface area contributed by atoms with E-state index in [0.717, 1.165) is 5.69 Å². The first-order valence-corrected chi connectivity index (χ1v) is 6.11. The number of halogens is 1. The van der Waals surface area contributed by atoms with Gasteiger partial charge in [0.05, 0.1) is 6.26 Å². The lowest BCUT2D eigenvalue weighted by Gasteiger charge is -2.00. The first-order valence-electron chi connectivity index (χ1n) is 5.23. The second-order valence-corrected chi connectivity index (χ2v) is 4.28. The number of anilines is 1. The lowest BCUT2D eigenvalue weighted by molar-refractivity contribution is -0.116. The number of hydrogen-bond acceptors (Lipinski definition) is 5. The average Bonchev–Trinajstić information content (AvgIpc) is 2.95. The zero-order chi connectivity index (χ0) is 12.1. The summed E-state index contributed by atoms with van der Waals surface area (Å²) in [5.41, 5.74) is 0.740. The zero-order valence-electron chi connectivity index (χ0n) is 9.80. The Morgan fingerprint density at radius 3 is 3.06 bits per heavy atom. The van der Waals surface area contributed by atoms with Gasteiger partial charge in [-0.15, -0.1) is 23.7 Å². The lowest BCUT2D eigenvalue weighted by atomic mass is 10.4. The molecule has 0 bridgehead atoms. The highest BCUT2D eigenvalue weighted by molar-refractivity contribution is 7.14. The van der Waals surface area contributed by atoms with Crippen molar-refractivity contribution in [3.05, 3.63) is 23.8 Å². The Kier molecular flexibility index (Phi) is 5.84. The van der Waals surface area contributed by atoms with Gasteiger partial charge in [-0.3, -0.25) is 4.79 Å². The molecule has 2 aromatic rings. The number of carbonyl (C=O) groups is 1. The topological polar surface area (TPSA) is 67.2 Å². The Labute approximate surface area is 115 Å². The Morgan fingerprint density at radius 1 is 1.56 bits per heavy atom. The monoisotopic (exact) mass is 287 g/mol. The number of aromatic nitrogens is 1. The van der Waals surface area contributed by atoms with Crippen LogP contribution in [0.1, 0.15) is 6.42 Å². The van der Waals surface area contributed by atoms with Gasteiger partial charge in [-0.1, -0.05) is 0 Å². The zero-order valence-corrected chi connectivity index (χ0v) is 11.4. The third-order valence-electron chi connectivity index (χ3n) is 2.13. The largest absolute Gasteiger partial charge is 0.463 e. The molecule has 0 unspecified atom stereocenters. The van der Waals surface area contributed by atoms with Gasteiger partial charge in [0.25, 0.3) is 0 Å². The van der Waals surface area contributed by atoms with Crippen LogP contribution in [0, 0.1) is 0 Å². The molecule has 0 saturated heterocycles. The number of nitrogens with zero attached hydrogens (tertiary/aromatic N) is 1. The summed E-state index contributed by atoms with van der Waals surface area (Å²) >= 11 is 1.39. The minimum absolute atomic E-state index is 0. The van der Waals surface area contributed by atoms with Crippen molar-refractivity contribution in [1.82, 2.24) is 10.3 Å². The van der Waals surface area contributed by atoms with E-state index in [9.17, 15) is 4.79 Å². The van der Waals surface area contributed by atoms with Crippen molar-refractivity contribution >= 4 is 34.8 Å². The van der Waals surface area contributed by atoms with E-state index < -0.39 is 0 Å². The molecule has 2 aromatic heterocycles. The summed E-state index contributed by atoms with van der Waals surface area (Å²) in [7, 11) is 1.81. The second-order valence-electron chi connectivity index (χ2n) is 3.42. The predicted molar refractivity (Wildman–Crippen MR) is 74.2 cm³/mol. The quantitative estimate of drug-likeness (QED) is 0.886. The van der Waals surface area contributed by atoms with Gasteiger partial charge in [-0.2, -0.15) is 0 Å². The van der Waals surface area contributed by atoms with Gasteiger partial charge in [-0.25, -0.2) is 4.98 Å². The molecule has 0 spiro atoms. The molecule has 0 aliphatic heterocycles. The molecule has 2 N–H and O–H groups in total. The Balaban J connectivity index is 0.00000162. The molecule has 0 fully saturated rings. The fraction of sp³-hybridized carbons (Fsp3) is 0.273. The van der Waals surface area contributed by atoms with Crippen molar-refractivity contribution in [2.24, 2.45) is 0 Å². The summed E-state index contributed by atoms with van der Waals surface area (Å²) in [6.45, 7) is 0.655. The Hall–Kier alpha value is -1.37. The highest BCUT2D eigenvalue weighted by Gasteiger charge is 2.08. The molecule has 0 aliphatic rings. The summed E-state index contributed by atoms with van der Waals surface area (Å²) in [4.78, 5) is 15.7. The van der Waals surface area contributed by atoms with Crippen LogP contribution in [0.4, 0.5) is 5.13 Å². The molecule has 2 rings (SSSR count). The average molecular weight is 288 g/mol. The summed E-state index contributed by atoms with van der Waals surface area (Å²) in [6.07, 6.45) is 2.03. The molecule has 98 valence electrons. The van der Waals surface area contributed by atoms with Gasteiger partial charge < -0.3 is 15.1 Å². The van der Waals surface area contributed by atoms with Crippen molar-refractivity contribution in [3.63, 3.8) is 0 Å². The summed E-state index contributed by atoms with van der Waals surface area (Å²) < 4.78 is 5.22. The van der Waals surface area contributed by atoms with Crippen molar-refractivity contribution < 1.29 is 9.21 Å². The van der Waals surface area contributed by atoms with Crippen LogP contribution < -0.4 is 10.6 Å². The van der Waals surface area contributed by atoms with Gasteiger partial charge in [0.1, 0.15) is 5.69 Å². The SMILES string of the molecule is CNCCC(=O)Nc1nc(-c2ccco2)cs1.Cl. The van der Waals surface area contributed by atoms with Gasteiger partial charge >= 0.3 is 0 Å². The first-order chi connectivity index (χ1) is 8.29. The van der Waals surface area contributed by atoms with Crippen LogP contribution in [0.25, 0.3) is 11.5 Å². The molecule has 0 radical (unpaired) electrons. The smallest absolute Gasteiger partial charge is 0.227 e. The van der Waals surface area contributed by atoms with E-state index in [-0.39, 0.29) is 18.3 Å². The highest BCUT2D eigenvalue weighted by atomic mass is 35.5. The van der Waals surface area contributed by atoms with Crippen LogP contribution in [0.3, 0.4) is 0 Å². The molecular formula is C11H14ClN3O2S.